The fourth-order valence-electron chi connectivity index (χ4n) is 2.30. The Morgan fingerprint density at radius 2 is 2.00 bits per heavy atom. The van der Waals surface area contributed by atoms with Crippen molar-refractivity contribution in [3.63, 3.8) is 0 Å². The maximum Gasteiger partial charge on any atom is 0.343 e. The molecule has 1 atom stereocenters. The molecule has 1 aliphatic rings. The third-order valence-corrected chi connectivity index (χ3v) is 3.47. The first-order valence-electron chi connectivity index (χ1n) is 6.58. The van der Waals surface area contributed by atoms with Gasteiger partial charge in [-0.15, -0.1) is 0 Å². The van der Waals surface area contributed by atoms with Crippen molar-refractivity contribution in [3.8, 4) is 0 Å². The molecule has 0 radical (unpaired) electrons. The molecule has 0 fully saturated rings. The maximum atomic E-state index is 12.4. The summed E-state index contributed by atoms with van der Waals surface area (Å²) in [7, 11) is 1.56. The van der Waals surface area contributed by atoms with Crippen molar-refractivity contribution >= 4 is 11.8 Å². The van der Waals surface area contributed by atoms with E-state index in [0.717, 1.165) is 0 Å². The van der Waals surface area contributed by atoms with Gasteiger partial charge in [-0.25, -0.2) is 4.79 Å². The highest BCUT2D eigenvalue weighted by Crippen LogP contribution is 2.33. The molecule has 0 aliphatic heterocycles. The molecule has 1 unspecified atom stereocenters. The van der Waals surface area contributed by atoms with Crippen molar-refractivity contribution in [1.82, 2.24) is 0 Å². The summed E-state index contributed by atoms with van der Waals surface area (Å²) >= 11 is 0. The molecule has 0 aromatic heterocycles. The van der Waals surface area contributed by atoms with Crippen LogP contribution in [0.1, 0.15) is 30.1 Å². The number of Topliss-reactive ketones (excluding diaryl/α,β-unsaturated/α-hetero) is 1. The minimum absolute atomic E-state index is 0.129. The van der Waals surface area contributed by atoms with E-state index in [1.165, 1.54) is 0 Å². The standard InChI is InChI=1S/C16H18O4/c1-16(11-19-2)10-6-9-13(14(16)17)20-15(18)12-7-4-3-5-8-12/h3-5,7-9H,6,10-11H2,1-2H3. The molecular formula is C16H18O4. The number of benzene rings is 1. The van der Waals surface area contributed by atoms with Gasteiger partial charge in [0.15, 0.2) is 5.76 Å². The summed E-state index contributed by atoms with van der Waals surface area (Å²) in [5.41, 5.74) is -0.185. The Morgan fingerprint density at radius 1 is 1.30 bits per heavy atom. The Bertz CT molecular complexity index is 533. The van der Waals surface area contributed by atoms with E-state index in [1.54, 1.807) is 37.5 Å². The van der Waals surface area contributed by atoms with Crippen molar-refractivity contribution in [1.29, 1.82) is 0 Å². The van der Waals surface area contributed by atoms with Crippen molar-refractivity contribution in [3.05, 3.63) is 47.7 Å². The zero-order valence-electron chi connectivity index (χ0n) is 11.7. The highest BCUT2D eigenvalue weighted by atomic mass is 16.5. The molecule has 0 saturated heterocycles. The second kappa shape index (κ2) is 6.01. The summed E-state index contributed by atoms with van der Waals surface area (Å²) < 4.78 is 10.4. The molecule has 0 bridgehead atoms. The highest BCUT2D eigenvalue weighted by molar-refractivity contribution is 6.02. The molecule has 4 heteroatoms. The van der Waals surface area contributed by atoms with Crippen LogP contribution >= 0.6 is 0 Å². The van der Waals surface area contributed by atoms with E-state index in [1.807, 2.05) is 13.0 Å². The maximum absolute atomic E-state index is 12.4. The number of esters is 1. The third-order valence-electron chi connectivity index (χ3n) is 3.47. The van der Waals surface area contributed by atoms with Crippen LogP contribution < -0.4 is 0 Å². The number of ketones is 1. The van der Waals surface area contributed by atoms with Gasteiger partial charge < -0.3 is 9.47 Å². The van der Waals surface area contributed by atoms with E-state index in [-0.39, 0.29) is 11.5 Å². The van der Waals surface area contributed by atoms with Crippen LogP contribution in [-0.2, 0) is 14.3 Å². The van der Waals surface area contributed by atoms with E-state index in [2.05, 4.69) is 0 Å². The molecule has 0 amide bonds. The summed E-state index contributed by atoms with van der Waals surface area (Å²) in [6.07, 6.45) is 3.08. The minimum atomic E-state index is -0.615. The number of carbonyl (C=O) groups is 2. The first-order valence-corrected chi connectivity index (χ1v) is 6.58. The van der Waals surface area contributed by atoms with Gasteiger partial charge in [0.05, 0.1) is 17.6 Å². The molecule has 0 spiro atoms. The lowest BCUT2D eigenvalue weighted by Gasteiger charge is -2.30. The van der Waals surface area contributed by atoms with E-state index in [9.17, 15) is 9.59 Å². The van der Waals surface area contributed by atoms with Crippen LogP contribution in [-0.4, -0.2) is 25.5 Å². The molecule has 2 rings (SSSR count). The summed E-state index contributed by atoms with van der Waals surface area (Å²) in [5.74, 6) is -0.550. The Morgan fingerprint density at radius 3 is 2.65 bits per heavy atom. The highest BCUT2D eigenvalue weighted by Gasteiger charge is 2.39. The van der Waals surface area contributed by atoms with Crippen molar-refractivity contribution < 1.29 is 19.1 Å². The normalized spacial score (nSPS) is 22.3. The lowest BCUT2D eigenvalue weighted by Crippen LogP contribution is -2.37. The van der Waals surface area contributed by atoms with Crippen LogP contribution in [0.4, 0.5) is 0 Å². The molecule has 0 heterocycles. The number of ether oxygens (including phenoxy) is 2. The molecule has 0 N–H and O–H groups in total. The lowest BCUT2D eigenvalue weighted by molar-refractivity contribution is -0.131. The first kappa shape index (κ1) is 14.5. The van der Waals surface area contributed by atoms with Gasteiger partial charge in [0, 0.05) is 7.11 Å². The van der Waals surface area contributed by atoms with Crippen molar-refractivity contribution in [2.24, 2.45) is 5.41 Å². The molecule has 1 aliphatic carbocycles. The number of methoxy groups -OCH3 is 1. The number of allylic oxidation sites excluding steroid dienone is 2. The fourth-order valence-corrected chi connectivity index (χ4v) is 2.30. The fraction of sp³-hybridized carbons (Fsp3) is 0.375. The van der Waals surface area contributed by atoms with E-state index < -0.39 is 11.4 Å². The molecule has 1 aromatic carbocycles. The third kappa shape index (κ3) is 2.96. The van der Waals surface area contributed by atoms with Gasteiger partial charge in [-0.3, -0.25) is 4.79 Å². The second-order valence-corrected chi connectivity index (χ2v) is 5.19. The number of hydrogen-bond acceptors (Lipinski definition) is 4. The van der Waals surface area contributed by atoms with Gasteiger partial charge in [0.25, 0.3) is 0 Å². The summed E-state index contributed by atoms with van der Waals surface area (Å²) in [5, 5.41) is 0. The summed E-state index contributed by atoms with van der Waals surface area (Å²) in [6, 6.07) is 8.64. The average molecular weight is 274 g/mol. The van der Waals surface area contributed by atoms with Crippen LogP contribution in [0.25, 0.3) is 0 Å². The predicted octanol–water partition coefficient (Wildman–Crippen LogP) is 2.74. The smallest absolute Gasteiger partial charge is 0.343 e. The minimum Gasteiger partial charge on any atom is -0.419 e. The van der Waals surface area contributed by atoms with Gasteiger partial charge in [-0.1, -0.05) is 18.2 Å². The lowest BCUT2D eigenvalue weighted by atomic mass is 9.77. The molecule has 20 heavy (non-hydrogen) atoms. The van der Waals surface area contributed by atoms with Crippen LogP contribution in [0.5, 0.6) is 0 Å². The summed E-state index contributed by atoms with van der Waals surface area (Å²) in [6.45, 7) is 2.16. The quantitative estimate of drug-likeness (QED) is 0.792. The Labute approximate surface area is 118 Å². The van der Waals surface area contributed by atoms with Crippen molar-refractivity contribution in [2.75, 3.05) is 13.7 Å². The Hall–Kier alpha value is -1.94. The second-order valence-electron chi connectivity index (χ2n) is 5.19. The molecule has 0 saturated carbocycles. The Balaban J connectivity index is 2.12. The van der Waals surface area contributed by atoms with Crippen molar-refractivity contribution in [2.45, 2.75) is 19.8 Å². The summed E-state index contributed by atoms with van der Waals surface area (Å²) in [4.78, 5) is 24.4. The van der Waals surface area contributed by atoms with Crippen LogP contribution in [0.15, 0.2) is 42.2 Å². The van der Waals surface area contributed by atoms with Gasteiger partial charge in [-0.2, -0.15) is 0 Å². The zero-order valence-corrected chi connectivity index (χ0v) is 11.7. The first-order chi connectivity index (χ1) is 9.57. The Kier molecular flexibility index (Phi) is 4.35. The topological polar surface area (TPSA) is 52.6 Å². The molecule has 1 aromatic rings. The molecular weight excluding hydrogens is 256 g/mol. The zero-order chi connectivity index (χ0) is 14.6. The predicted molar refractivity (Wildman–Crippen MR) is 74.2 cm³/mol. The SMILES string of the molecule is COCC1(C)CCC=C(OC(=O)c2ccccc2)C1=O. The number of carbonyl (C=O) groups excluding carboxylic acids is 2. The largest absolute Gasteiger partial charge is 0.419 e. The van der Waals surface area contributed by atoms with Gasteiger partial charge >= 0.3 is 5.97 Å². The number of rotatable bonds is 4. The van der Waals surface area contributed by atoms with Gasteiger partial charge in [0.2, 0.25) is 5.78 Å². The van der Waals surface area contributed by atoms with Crippen LogP contribution in [0, 0.1) is 5.41 Å². The monoisotopic (exact) mass is 274 g/mol. The van der Waals surface area contributed by atoms with E-state index in [4.69, 9.17) is 9.47 Å². The van der Waals surface area contributed by atoms with Gasteiger partial charge in [0.1, 0.15) is 0 Å². The number of hydrogen-bond donors (Lipinski definition) is 0. The average Bonchev–Trinajstić information content (AvgIpc) is 2.45. The molecule has 106 valence electrons. The van der Waals surface area contributed by atoms with E-state index in [0.29, 0.717) is 25.0 Å². The van der Waals surface area contributed by atoms with Gasteiger partial charge in [-0.05, 0) is 38.0 Å². The molecule has 4 nitrogen and oxygen atoms in total. The van der Waals surface area contributed by atoms with Crippen LogP contribution in [0.3, 0.4) is 0 Å². The van der Waals surface area contributed by atoms with E-state index >= 15 is 0 Å². The van der Waals surface area contributed by atoms with Crippen LogP contribution in [0.2, 0.25) is 0 Å².